The molecule has 0 aliphatic carbocycles. The number of carbonyl (C=O) groups excluding carboxylic acids is 1. The Kier molecular flexibility index (Phi) is 5.57. The Labute approximate surface area is 169 Å². The van der Waals surface area contributed by atoms with Crippen LogP contribution in [0.25, 0.3) is 10.9 Å². The van der Waals surface area contributed by atoms with Gasteiger partial charge in [0, 0.05) is 55.7 Å². The molecule has 0 unspecified atom stereocenters. The van der Waals surface area contributed by atoms with Crippen molar-refractivity contribution in [3.05, 3.63) is 66.1 Å². The van der Waals surface area contributed by atoms with Crippen molar-refractivity contribution in [1.82, 2.24) is 19.8 Å². The summed E-state index contributed by atoms with van der Waals surface area (Å²) in [7, 11) is 0. The van der Waals surface area contributed by atoms with E-state index < -0.39 is 0 Å². The summed E-state index contributed by atoms with van der Waals surface area (Å²) in [6.07, 6.45) is 4.97. The minimum absolute atomic E-state index is 0.181. The molecule has 1 amide bonds. The first-order valence-electron chi connectivity index (χ1n) is 9.81. The van der Waals surface area contributed by atoms with Crippen molar-refractivity contribution in [3.63, 3.8) is 0 Å². The maximum absolute atomic E-state index is 12.0. The zero-order valence-electron chi connectivity index (χ0n) is 16.4. The van der Waals surface area contributed by atoms with Gasteiger partial charge >= 0.3 is 6.09 Å². The van der Waals surface area contributed by atoms with Gasteiger partial charge in [0.2, 0.25) is 0 Å². The van der Waals surface area contributed by atoms with Crippen LogP contribution in [0.2, 0.25) is 0 Å². The molecule has 7 nitrogen and oxygen atoms in total. The number of phenols is 1. The van der Waals surface area contributed by atoms with E-state index in [0.29, 0.717) is 38.3 Å². The zero-order chi connectivity index (χ0) is 20.2. The van der Waals surface area contributed by atoms with Gasteiger partial charge in [0.1, 0.15) is 11.3 Å². The summed E-state index contributed by atoms with van der Waals surface area (Å²) in [6.45, 7) is 4.65. The smallest absolute Gasteiger partial charge is 0.409 e. The van der Waals surface area contributed by atoms with Crippen LogP contribution in [0.5, 0.6) is 5.75 Å². The topological polar surface area (TPSA) is 78.8 Å². The van der Waals surface area contributed by atoms with Crippen molar-refractivity contribution >= 4 is 17.0 Å². The maximum Gasteiger partial charge on any atom is 0.409 e. The molecule has 2 aromatic heterocycles. The lowest BCUT2D eigenvalue weighted by Gasteiger charge is -2.39. The van der Waals surface area contributed by atoms with Crippen LogP contribution < -0.4 is 0 Å². The Bertz CT molecular complexity index is 988. The number of rotatable bonds is 4. The molecule has 1 atom stereocenters. The number of ether oxygens (including phenoxy) is 1. The van der Waals surface area contributed by atoms with Crippen LogP contribution in [0, 0.1) is 0 Å². The van der Waals surface area contributed by atoms with Crippen LogP contribution >= 0.6 is 0 Å². The number of aromatic hydroxyl groups is 1. The third-order valence-corrected chi connectivity index (χ3v) is 5.28. The molecule has 0 bridgehead atoms. The second kappa shape index (κ2) is 8.45. The standard InChI is InChI=1S/C22H24N4O3/c1-2-29-22(28)26-13-11-25(12-14-26)20(17-6-3-9-23-15-17)18-8-7-16-5-4-10-24-19(16)21(18)27/h3-10,15,20,27H,2,11-14H2,1H3/t20-/m1/s1. The number of piperazine rings is 1. The summed E-state index contributed by atoms with van der Waals surface area (Å²) < 4.78 is 5.12. The number of benzene rings is 1. The number of nitrogens with zero attached hydrogens (tertiary/aromatic N) is 4. The highest BCUT2D eigenvalue weighted by atomic mass is 16.6. The number of aromatic nitrogens is 2. The largest absolute Gasteiger partial charge is 0.505 e. The molecule has 4 rings (SSSR count). The Hall–Kier alpha value is -3.19. The van der Waals surface area contributed by atoms with Crippen LogP contribution in [0.4, 0.5) is 4.79 Å². The molecule has 1 aliphatic heterocycles. The molecule has 1 aliphatic rings. The van der Waals surface area contributed by atoms with Crippen molar-refractivity contribution < 1.29 is 14.6 Å². The van der Waals surface area contributed by atoms with Crippen LogP contribution in [0.3, 0.4) is 0 Å². The number of carbonyl (C=O) groups is 1. The molecular formula is C22H24N4O3. The van der Waals surface area contributed by atoms with Crippen molar-refractivity contribution in [3.8, 4) is 5.75 Å². The summed E-state index contributed by atoms with van der Waals surface area (Å²) in [4.78, 5) is 24.7. The van der Waals surface area contributed by atoms with E-state index in [1.54, 1.807) is 17.3 Å². The van der Waals surface area contributed by atoms with E-state index in [1.165, 1.54) is 0 Å². The Balaban J connectivity index is 1.68. The second-order valence-corrected chi connectivity index (χ2v) is 6.99. The van der Waals surface area contributed by atoms with Gasteiger partial charge in [-0.05, 0) is 24.6 Å². The van der Waals surface area contributed by atoms with E-state index in [2.05, 4.69) is 14.9 Å². The van der Waals surface area contributed by atoms with Gasteiger partial charge in [-0.1, -0.05) is 24.3 Å². The Morgan fingerprint density at radius 2 is 1.93 bits per heavy atom. The Morgan fingerprint density at radius 3 is 2.66 bits per heavy atom. The third-order valence-electron chi connectivity index (χ3n) is 5.28. The SMILES string of the molecule is CCOC(=O)N1CCN([C@H](c2cccnc2)c2ccc3cccnc3c2O)CC1. The van der Waals surface area contributed by atoms with Gasteiger partial charge in [-0.25, -0.2) is 4.79 Å². The lowest BCUT2D eigenvalue weighted by atomic mass is 9.95. The van der Waals surface area contributed by atoms with Crippen LogP contribution in [0.15, 0.2) is 55.0 Å². The van der Waals surface area contributed by atoms with E-state index in [-0.39, 0.29) is 17.9 Å². The monoisotopic (exact) mass is 392 g/mol. The first kappa shape index (κ1) is 19.1. The molecule has 3 heterocycles. The number of phenolic OH excluding ortho intramolecular Hbond substituents is 1. The molecule has 150 valence electrons. The van der Waals surface area contributed by atoms with E-state index in [0.717, 1.165) is 16.5 Å². The fourth-order valence-corrected chi connectivity index (χ4v) is 3.87. The highest BCUT2D eigenvalue weighted by Crippen LogP contribution is 2.38. The summed E-state index contributed by atoms with van der Waals surface area (Å²) in [5.41, 5.74) is 2.36. The highest BCUT2D eigenvalue weighted by Gasteiger charge is 2.30. The van der Waals surface area contributed by atoms with Gasteiger partial charge in [0.25, 0.3) is 0 Å². The van der Waals surface area contributed by atoms with Crippen molar-refractivity contribution in [1.29, 1.82) is 0 Å². The lowest BCUT2D eigenvalue weighted by molar-refractivity contribution is 0.0711. The Morgan fingerprint density at radius 1 is 1.14 bits per heavy atom. The molecule has 0 saturated carbocycles. The molecule has 7 heteroatoms. The summed E-state index contributed by atoms with van der Waals surface area (Å²) >= 11 is 0. The molecule has 1 saturated heterocycles. The van der Waals surface area contributed by atoms with Crippen molar-refractivity contribution in [2.45, 2.75) is 13.0 Å². The molecule has 29 heavy (non-hydrogen) atoms. The quantitative estimate of drug-likeness (QED) is 0.735. The number of pyridine rings is 2. The number of hydrogen-bond donors (Lipinski definition) is 1. The zero-order valence-corrected chi connectivity index (χ0v) is 16.4. The average molecular weight is 392 g/mol. The number of hydrogen-bond acceptors (Lipinski definition) is 6. The highest BCUT2D eigenvalue weighted by molar-refractivity contribution is 5.85. The summed E-state index contributed by atoms with van der Waals surface area (Å²) in [6, 6.07) is 11.5. The van der Waals surface area contributed by atoms with E-state index in [4.69, 9.17) is 4.74 Å². The maximum atomic E-state index is 12.0. The molecule has 1 N–H and O–H groups in total. The molecule has 1 aromatic carbocycles. The number of amides is 1. The molecule has 3 aromatic rings. The molecule has 0 radical (unpaired) electrons. The van der Waals surface area contributed by atoms with Crippen LogP contribution in [-0.4, -0.2) is 63.8 Å². The van der Waals surface area contributed by atoms with Crippen molar-refractivity contribution in [2.75, 3.05) is 32.8 Å². The molecule has 0 spiro atoms. The second-order valence-electron chi connectivity index (χ2n) is 6.99. The van der Waals surface area contributed by atoms with Crippen molar-refractivity contribution in [2.24, 2.45) is 0 Å². The van der Waals surface area contributed by atoms with E-state index in [9.17, 15) is 9.90 Å². The van der Waals surface area contributed by atoms with E-state index in [1.807, 2.05) is 49.5 Å². The predicted octanol–water partition coefficient (Wildman–Crippen LogP) is 3.20. The molecular weight excluding hydrogens is 368 g/mol. The predicted molar refractivity (Wildman–Crippen MR) is 110 cm³/mol. The minimum atomic E-state index is -0.275. The lowest BCUT2D eigenvalue weighted by Crippen LogP contribution is -2.50. The normalized spacial score (nSPS) is 16.0. The van der Waals surface area contributed by atoms with E-state index >= 15 is 0 Å². The first-order valence-corrected chi connectivity index (χ1v) is 9.81. The summed E-state index contributed by atoms with van der Waals surface area (Å²) in [5, 5.41) is 11.9. The van der Waals surface area contributed by atoms with Gasteiger partial charge in [-0.3, -0.25) is 14.9 Å². The van der Waals surface area contributed by atoms with Gasteiger partial charge in [0.15, 0.2) is 0 Å². The van der Waals surface area contributed by atoms with Gasteiger partial charge in [0.05, 0.1) is 12.6 Å². The van der Waals surface area contributed by atoms with Crippen LogP contribution in [0.1, 0.15) is 24.1 Å². The first-order chi connectivity index (χ1) is 14.2. The van der Waals surface area contributed by atoms with Crippen LogP contribution in [-0.2, 0) is 4.74 Å². The fraction of sp³-hybridized carbons (Fsp3) is 0.318. The third kappa shape index (κ3) is 3.86. The average Bonchev–Trinajstić information content (AvgIpc) is 2.77. The minimum Gasteiger partial charge on any atom is -0.505 e. The molecule has 1 fully saturated rings. The summed E-state index contributed by atoms with van der Waals surface area (Å²) in [5.74, 6) is 0.185. The fourth-order valence-electron chi connectivity index (χ4n) is 3.87. The van der Waals surface area contributed by atoms with Gasteiger partial charge in [-0.15, -0.1) is 0 Å². The van der Waals surface area contributed by atoms with Gasteiger partial charge in [-0.2, -0.15) is 0 Å². The number of fused-ring (bicyclic) bond motifs is 1. The van der Waals surface area contributed by atoms with Gasteiger partial charge < -0.3 is 14.7 Å².